The van der Waals surface area contributed by atoms with Gasteiger partial charge in [0.25, 0.3) is 0 Å². The predicted molar refractivity (Wildman–Crippen MR) is 85.0 cm³/mol. The van der Waals surface area contributed by atoms with Crippen molar-refractivity contribution in [3.8, 4) is 11.5 Å². The summed E-state index contributed by atoms with van der Waals surface area (Å²) in [6.07, 6.45) is 0. The summed E-state index contributed by atoms with van der Waals surface area (Å²) in [7, 11) is 0. The summed E-state index contributed by atoms with van der Waals surface area (Å²) in [5.41, 5.74) is 1.06. The molecule has 2 nitrogen and oxygen atoms in total. The number of hydrogen-bond donors (Lipinski definition) is 1. The maximum atomic E-state index is 6.05. The van der Waals surface area contributed by atoms with Crippen LogP contribution in [0.3, 0.4) is 0 Å². The van der Waals surface area contributed by atoms with Crippen molar-refractivity contribution in [3.05, 3.63) is 58.1 Å². The van der Waals surface area contributed by atoms with Crippen LogP contribution in [0, 0.1) is 0 Å². The highest BCUT2D eigenvalue weighted by Crippen LogP contribution is 2.29. The number of benzene rings is 2. The van der Waals surface area contributed by atoms with Crippen LogP contribution < -0.4 is 10.1 Å². The van der Waals surface area contributed by atoms with E-state index >= 15 is 0 Å². The highest BCUT2D eigenvalue weighted by molar-refractivity contribution is 6.31. The molecular weight excluding hydrogens is 293 g/mol. The van der Waals surface area contributed by atoms with Crippen LogP contribution in [0.4, 0.5) is 0 Å². The zero-order valence-electron chi connectivity index (χ0n) is 11.5. The Bertz CT molecular complexity index is 584. The molecular formula is C16H17Cl2NO. The fourth-order valence-corrected chi connectivity index (χ4v) is 2.08. The Hall–Kier alpha value is -1.22. The zero-order chi connectivity index (χ0) is 14.5. The Balaban J connectivity index is 2.22. The predicted octanol–water partition coefficient (Wildman–Crippen LogP) is 5.28. The second kappa shape index (κ2) is 6.98. The van der Waals surface area contributed by atoms with Gasteiger partial charge in [-0.1, -0.05) is 49.2 Å². The van der Waals surface area contributed by atoms with Crippen LogP contribution in [-0.2, 0) is 6.54 Å². The molecule has 4 heteroatoms. The van der Waals surface area contributed by atoms with E-state index in [0.717, 1.165) is 17.9 Å². The van der Waals surface area contributed by atoms with Crippen LogP contribution >= 0.6 is 23.2 Å². The first-order chi connectivity index (χ1) is 9.54. The molecule has 0 fully saturated rings. The van der Waals surface area contributed by atoms with E-state index < -0.39 is 0 Å². The molecule has 0 amide bonds. The van der Waals surface area contributed by atoms with Gasteiger partial charge >= 0.3 is 0 Å². The van der Waals surface area contributed by atoms with Gasteiger partial charge in [-0.15, -0.1) is 0 Å². The normalized spacial score (nSPS) is 10.8. The summed E-state index contributed by atoms with van der Waals surface area (Å²) in [6, 6.07) is 13.4. The minimum absolute atomic E-state index is 0.407. The molecule has 0 bridgehead atoms. The van der Waals surface area contributed by atoms with E-state index in [9.17, 15) is 0 Å². The fraction of sp³-hybridized carbons (Fsp3) is 0.250. The second-order valence-electron chi connectivity index (χ2n) is 4.85. The van der Waals surface area contributed by atoms with Gasteiger partial charge in [0, 0.05) is 28.2 Å². The van der Waals surface area contributed by atoms with Crippen LogP contribution in [0.1, 0.15) is 19.4 Å². The van der Waals surface area contributed by atoms with E-state index in [1.165, 1.54) is 0 Å². The minimum Gasteiger partial charge on any atom is -0.457 e. The minimum atomic E-state index is 0.407. The number of nitrogens with one attached hydrogen (secondary N) is 1. The smallest absolute Gasteiger partial charge is 0.133 e. The largest absolute Gasteiger partial charge is 0.457 e. The average molecular weight is 310 g/mol. The Morgan fingerprint density at radius 3 is 2.50 bits per heavy atom. The lowest BCUT2D eigenvalue weighted by atomic mass is 10.2. The van der Waals surface area contributed by atoms with Crippen molar-refractivity contribution >= 4 is 23.2 Å². The first-order valence-corrected chi connectivity index (χ1v) is 7.25. The van der Waals surface area contributed by atoms with E-state index in [4.69, 9.17) is 27.9 Å². The van der Waals surface area contributed by atoms with E-state index in [0.29, 0.717) is 21.8 Å². The second-order valence-corrected chi connectivity index (χ2v) is 5.72. The highest BCUT2D eigenvalue weighted by atomic mass is 35.5. The van der Waals surface area contributed by atoms with Gasteiger partial charge in [-0.05, 0) is 30.3 Å². The van der Waals surface area contributed by atoms with E-state index in [2.05, 4.69) is 19.2 Å². The summed E-state index contributed by atoms with van der Waals surface area (Å²) in [6.45, 7) is 4.94. The molecule has 0 radical (unpaired) electrons. The van der Waals surface area contributed by atoms with Crippen molar-refractivity contribution in [2.45, 2.75) is 26.4 Å². The van der Waals surface area contributed by atoms with Crippen LogP contribution in [-0.4, -0.2) is 6.04 Å². The van der Waals surface area contributed by atoms with Crippen LogP contribution in [0.25, 0.3) is 0 Å². The van der Waals surface area contributed by atoms with Gasteiger partial charge in [0.2, 0.25) is 0 Å². The third kappa shape index (κ3) is 4.41. The molecule has 106 valence electrons. The summed E-state index contributed by atoms with van der Waals surface area (Å²) < 4.78 is 5.89. The maximum absolute atomic E-state index is 6.05. The molecule has 0 aliphatic carbocycles. The van der Waals surface area contributed by atoms with Crippen molar-refractivity contribution in [1.29, 1.82) is 0 Å². The van der Waals surface area contributed by atoms with E-state index in [1.807, 2.05) is 36.4 Å². The highest BCUT2D eigenvalue weighted by Gasteiger charge is 2.07. The van der Waals surface area contributed by atoms with Gasteiger partial charge in [-0.3, -0.25) is 0 Å². The Kier molecular flexibility index (Phi) is 5.30. The van der Waals surface area contributed by atoms with Crippen molar-refractivity contribution in [2.24, 2.45) is 0 Å². The molecule has 2 aromatic rings. The first kappa shape index (κ1) is 15.2. The van der Waals surface area contributed by atoms with Crippen LogP contribution in [0.15, 0.2) is 42.5 Å². The standard InChI is InChI=1S/C16H17Cl2NO/c1-11(2)19-10-12-6-7-14(18)9-16(12)20-15-5-3-4-13(17)8-15/h3-9,11,19H,10H2,1-2H3. The van der Waals surface area contributed by atoms with Crippen molar-refractivity contribution in [1.82, 2.24) is 5.32 Å². The lowest BCUT2D eigenvalue weighted by molar-refractivity contribution is 0.469. The molecule has 0 saturated carbocycles. The Morgan fingerprint density at radius 1 is 1.05 bits per heavy atom. The number of rotatable bonds is 5. The molecule has 0 aliphatic heterocycles. The van der Waals surface area contributed by atoms with Gasteiger partial charge in [-0.2, -0.15) is 0 Å². The molecule has 0 heterocycles. The van der Waals surface area contributed by atoms with Gasteiger partial charge in [0.15, 0.2) is 0 Å². The van der Waals surface area contributed by atoms with Gasteiger partial charge in [0.1, 0.15) is 11.5 Å². The molecule has 20 heavy (non-hydrogen) atoms. The quantitative estimate of drug-likeness (QED) is 0.811. The topological polar surface area (TPSA) is 21.3 Å². The number of ether oxygens (including phenoxy) is 1. The zero-order valence-corrected chi connectivity index (χ0v) is 13.0. The molecule has 0 aromatic heterocycles. The summed E-state index contributed by atoms with van der Waals surface area (Å²) in [4.78, 5) is 0. The average Bonchev–Trinajstić information content (AvgIpc) is 2.37. The maximum Gasteiger partial charge on any atom is 0.133 e. The number of halogens is 2. The molecule has 2 aromatic carbocycles. The Labute approximate surface area is 129 Å². The first-order valence-electron chi connectivity index (χ1n) is 6.50. The van der Waals surface area contributed by atoms with Crippen LogP contribution in [0.2, 0.25) is 10.0 Å². The van der Waals surface area contributed by atoms with Crippen molar-refractivity contribution < 1.29 is 4.74 Å². The van der Waals surface area contributed by atoms with Crippen molar-refractivity contribution in [3.63, 3.8) is 0 Å². The molecule has 0 unspecified atom stereocenters. The third-order valence-corrected chi connectivity index (χ3v) is 3.22. The Morgan fingerprint density at radius 2 is 1.80 bits per heavy atom. The summed E-state index contributed by atoms with van der Waals surface area (Å²) in [5.74, 6) is 1.44. The molecule has 0 aliphatic rings. The van der Waals surface area contributed by atoms with E-state index in [-0.39, 0.29) is 0 Å². The molecule has 0 atom stereocenters. The van der Waals surface area contributed by atoms with Gasteiger partial charge in [0.05, 0.1) is 0 Å². The lowest BCUT2D eigenvalue weighted by Crippen LogP contribution is -2.22. The third-order valence-electron chi connectivity index (χ3n) is 2.75. The lowest BCUT2D eigenvalue weighted by Gasteiger charge is -2.14. The monoisotopic (exact) mass is 309 g/mol. The van der Waals surface area contributed by atoms with Crippen molar-refractivity contribution in [2.75, 3.05) is 0 Å². The van der Waals surface area contributed by atoms with Gasteiger partial charge < -0.3 is 10.1 Å². The fourth-order valence-electron chi connectivity index (χ4n) is 1.74. The molecule has 2 rings (SSSR count). The van der Waals surface area contributed by atoms with Crippen LogP contribution in [0.5, 0.6) is 11.5 Å². The number of hydrogen-bond acceptors (Lipinski definition) is 2. The summed E-state index contributed by atoms with van der Waals surface area (Å²) >= 11 is 12.0. The van der Waals surface area contributed by atoms with E-state index in [1.54, 1.807) is 6.07 Å². The molecule has 1 N–H and O–H groups in total. The SMILES string of the molecule is CC(C)NCc1ccc(Cl)cc1Oc1cccc(Cl)c1. The summed E-state index contributed by atoms with van der Waals surface area (Å²) in [5, 5.41) is 4.66. The molecule has 0 spiro atoms. The molecule has 0 saturated heterocycles. The van der Waals surface area contributed by atoms with Gasteiger partial charge in [-0.25, -0.2) is 0 Å².